The fraction of sp³-hybridized carbons (Fsp3) is 0.391. The van der Waals surface area contributed by atoms with Crippen molar-refractivity contribution in [1.29, 1.82) is 0 Å². The molecular formula is C23H29IN4O2S. The Morgan fingerprint density at radius 3 is 2.71 bits per heavy atom. The summed E-state index contributed by atoms with van der Waals surface area (Å²) >= 11 is 1.95. The fourth-order valence-corrected chi connectivity index (χ4v) is 4.69. The van der Waals surface area contributed by atoms with Gasteiger partial charge in [-0.05, 0) is 55.2 Å². The number of nitrogens with one attached hydrogen (secondary N) is 3. The number of hydrogen-bond acceptors (Lipinski definition) is 4. The van der Waals surface area contributed by atoms with E-state index in [1.807, 2.05) is 30.0 Å². The maximum atomic E-state index is 11.5. The largest absolute Gasteiger partial charge is 0.492 e. The standard InChI is InChI=1S/C23H28N4O2S.HI/c1-24-22(26-16-23(11-12-23)30-19-5-3-2-4-6-19)25-13-14-29-18-8-9-20-17(15-18)7-10-21(28)27-20;/h2-6,8-9,15H,7,10-14,16H2,1H3,(H,27,28)(H2,24,25,26);1H. The van der Waals surface area contributed by atoms with E-state index < -0.39 is 0 Å². The van der Waals surface area contributed by atoms with Crippen LogP contribution in [0, 0.1) is 0 Å². The Morgan fingerprint density at radius 1 is 1.16 bits per heavy atom. The second kappa shape index (κ2) is 11.1. The summed E-state index contributed by atoms with van der Waals surface area (Å²) in [4.78, 5) is 17.1. The zero-order valence-electron chi connectivity index (χ0n) is 17.6. The average molecular weight is 552 g/mol. The SMILES string of the molecule is CN=C(NCCOc1ccc2c(c1)CCC(=O)N2)NCC1(Sc2ccccc2)CC1.I. The molecule has 1 aliphatic carbocycles. The van der Waals surface area contributed by atoms with Crippen LogP contribution in [0.5, 0.6) is 5.75 Å². The van der Waals surface area contributed by atoms with Crippen molar-refractivity contribution in [2.45, 2.75) is 35.3 Å². The third-order valence-electron chi connectivity index (χ3n) is 5.32. The summed E-state index contributed by atoms with van der Waals surface area (Å²) in [5.74, 6) is 1.70. The van der Waals surface area contributed by atoms with Gasteiger partial charge in [0.2, 0.25) is 5.91 Å². The van der Waals surface area contributed by atoms with E-state index in [-0.39, 0.29) is 34.6 Å². The lowest BCUT2D eigenvalue weighted by molar-refractivity contribution is -0.116. The Morgan fingerprint density at radius 2 is 1.97 bits per heavy atom. The Labute approximate surface area is 205 Å². The van der Waals surface area contributed by atoms with Crippen LogP contribution in [0.25, 0.3) is 0 Å². The highest BCUT2D eigenvalue weighted by molar-refractivity contribution is 14.0. The molecule has 2 aromatic rings. The monoisotopic (exact) mass is 552 g/mol. The van der Waals surface area contributed by atoms with Crippen LogP contribution in [-0.4, -0.2) is 43.4 Å². The number of amides is 1. The van der Waals surface area contributed by atoms with Gasteiger partial charge in [-0.2, -0.15) is 0 Å². The molecule has 31 heavy (non-hydrogen) atoms. The van der Waals surface area contributed by atoms with Crippen molar-refractivity contribution in [1.82, 2.24) is 10.6 Å². The highest BCUT2D eigenvalue weighted by Gasteiger charge is 2.43. The van der Waals surface area contributed by atoms with E-state index in [2.05, 4.69) is 51.3 Å². The molecule has 0 aromatic heterocycles. The van der Waals surface area contributed by atoms with Crippen LogP contribution in [-0.2, 0) is 11.2 Å². The minimum atomic E-state index is 0. The maximum absolute atomic E-state index is 11.5. The molecule has 1 saturated carbocycles. The summed E-state index contributed by atoms with van der Waals surface area (Å²) in [5.41, 5.74) is 2.02. The van der Waals surface area contributed by atoms with E-state index >= 15 is 0 Å². The van der Waals surface area contributed by atoms with Crippen molar-refractivity contribution in [2.24, 2.45) is 4.99 Å². The maximum Gasteiger partial charge on any atom is 0.224 e. The van der Waals surface area contributed by atoms with E-state index in [4.69, 9.17) is 4.74 Å². The van der Waals surface area contributed by atoms with E-state index in [1.54, 1.807) is 7.05 Å². The summed E-state index contributed by atoms with van der Waals surface area (Å²) in [6, 6.07) is 16.4. The highest BCUT2D eigenvalue weighted by Crippen LogP contribution is 2.51. The van der Waals surface area contributed by atoms with E-state index in [0.29, 0.717) is 19.6 Å². The highest BCUT2D eigenvalue weighted by atomic mass is 127. The van der Waals surface area contributed by atoms with Crippen molar-refractivity contribution in [3.63, 3.8) is 0 Å². The Balaban J connectivity index is 0.00000272. The van der Waals surface area contributed by atoms with Gasteiger partial charge in [-0.3, -0.25) is 9.79 Å². The predicted molar refractivity (Wildman–Crippen MR) is 138 cm³/mol. The van der Waals surface area contributed by atoms with Gasteiger partial charge < -0.3 is 20.7 Å². The number of rotatable bonds is 8. The summed E-state index contributed by atoms with van der Waals surface area (Å²) in [5, 5.41) is 9.67. The minimum absolute atomic E-state index is 0. The zero-order chi connectivity index (χ0) is 20.8. The van der Waals surface area contributed by atoms with Crippen LogP contribution >= 0.6 is 35.7 Å². The lowest BCUT2D eigenvalue weighted by atomic mass is 10.0. The molecule has 1 amide bonds. The second-order valence-corrected chi connectivity index (χ2v) is 9.21. The molecule has 1 aliphatic heterocycles. The van der Waals surface area contributed by atoms with Crippen molar-refractivity contribution in [2.75, 3.05) is 32.1 Å². The molecule has 166 valence electrons. The van der Waals surface area contributed by atoms with Crippen LogP contribution in [0.3, 0.4) is 0 Å². The molecule has 4 rings (SSSR count). The van der Waals surface area contributed by atoms with Gasteiger partial charge in [0.15, 0.2) is 5.96 Å². The number of ether oxygens (including phenoxy) is 1. The number of thioether (sulfide) groups is 1. The lowest BCUT2D eigenvalue weighted by Gasteiger charge is -2.19. The molecule has 3 N–H and O–H groups in total. The summed E-state index contributed by atoms with van der Waals surface area (Å²) in [7, 11) is 1.79. The van der Waals surface area contributed by atoms with Crippen LogP contribution in [0.15, 0.2) is 58.4 Å². The van der Waals surface area contributed by atoms with E-state index in [1.165, 1.54) is 17.7 Å². The molecule has 0 radical (unpaired) electrons. The molecule has 0 atom stereocenters. The number of aryl methyl sites for hydroxylation is 1. The van der Waals surface area contributed by atoms with Crippen molar-refractivity contribution in [3.8, 4) is 5.75 Å². The molecule has 0 spiro atoms. The molecule has 2 aliphatic rings. The fourth-order valence-electron chi connectivity index (χ4n) is 3.45. The molecule has 0 saturated heterocycles. The van der Waals surface area contributed by atoms with Crippen molar-refractivity contribution < 1.29 is 9.53 Å². The first-order valence-corrected chi connectivity index (χ1v) is 11.2. The number of guanidine groups is 1. The van der Waals surface area contributed by atoms with Gasteiger partial charge in [0.05, 0.1) is 6.54 Å². The number of carbonyl (C=O) groups is 1. The third kappa shape index (κ3) is 6.77. The smallest absolute Gasteiger partial charge is 0.224 e. The number of carbonyl (C=O) groups excluding carboxylic acids is 1. The Bertz CT molecular complexity index is 919. The first-order valence-electron chi connectivity index (χ1n) is 10.4. The number of fused-ring (bicyclic) bond motifs is 1. The number of benzene rings is 2. The first kappa shape index (κ1) is 23.7. The van der Waals surface area contributed by atoms with Gasteiger partial charge in [-0.15, -0.1) is 35.7 Å². The number of hydrogen-bond donors (Lipinski definition) is 3. The topological polar surface area (TPSA) is 74.8 Å². The molecule has 1 fully saturated rings. The number of halogens is 1. The van der Waals surface area contributed by atoms with Gasteiger partial charge in [0.1, 0.15) is 12.4 Å². The minimum Gasteiger partial charge on any atom is -0.492 e. The van der Waals surface area contributed by atoms with E-state index in [9.17, 15) is 4.79 Å². The van der Waals surface area contributed by atoms with Gasteiger partial charge in [0, 0.05) is 35.3 Å². The molecule has 6 nitrogen and oxygen atoms in total. The average Bonchev–Trinajstić information content (AvgIpc) is 3.53. The second-order valence-electron chi connectivity index (χ2n) is 7.67. The van der Waals surface area contributed by atoms with Crippen LogP contribution < -0.4 is 20.7 Å². The third-order valence-corrected chi connectivity index (χ3v) is 6.82. The molecule has 8 heteroatoms. The number of aliphatic imine (C=N–C) groups is 1. The van der Waals surface area contributed by atoms with Crippen LogP contribution in [0.2, 0.25) is 0 Å². The van der Waals surface area contributed by atoms with Gasteiger partial charge in [0.25, 0.3) is 0 Å². The van der Waals surface area contributed by atoms with Crippen LogP contribution in [0.4, 0.5) is 5.69 Å². The Kier molecular flexibility index (Phi) is 8.48. The quantitative estimate of drug-likeness (QED) is 0.200. The normalized spacial score (nSPS) is 16.4. The molecular weight excluding hydrogens is 523 g/mol. The summed E-state index contributed by atoms with van der Waals surface area (Å²) < 4.78 is 6.14. The molecule has 0 bridgehead atoms. The molecule has 1 heterocycles. The first-order chi connectivity index (χ1) is 14.7. The van der Waals surface area contributed by atoms with Crippen molar-refractivity contribution >= 4 is 53.3 Å². The molecule has 0 unspecified atom stereocenters. The lowest BCUT2D eigenvalue weighted by Crippen LogP contribution is -2.42. The Hall–Kier alpha value is -1.94. The summed E-state index contributed by atoms with van der Waals surface area (Å²) in [6.07, 6.45) is 3.73. The molecule has 2 aromatic carbocycles. The van der Waals surface area contributed by atoms with Crippen LogP contribution in [0.1, 0.15) is 24.8 Å². The number of anilines is 1. The van der Waals surface area contributed by atoms with E-state index in [0.717, 1.165) is 35.9 Å². The van der Waals surface area contributed by atoms with Crippen molar-refractivity contribution in [3.05, 3.63) is 54.1 Å². The van der Waals surface area contributed by atoms with Gasteiger partial charge in [-0.25, -0.2) is 0 Å². The number of nitrogens with zero attached hydrogens (tertiary/aromatic N) is 1. The van der Waals surface area contributed by atoms with Gasteiger partial charge in [-0.1, -0.05) is 18.2 Å². The summed E-state index contributed by atoms with van der Waals surface area (Å²) in [6.45, 7) is 2.09. The van der Waals surface area contributed by atoms with Gasteiger partial charge >= 0.3 is 0 Å². The predicted octanol–water partition coefficient (Wildman–Crippen LogP) is 4.06. The zero-order valence-corrected chi connectivity index (χ0v) is 20.8.